The number of halogens is 1. The number of hydrogen-bond donors (Lipinski definition) is 2. The maximum atomic E-state index is 14.4. The van der Waals surface area contributed by atoms with E-state index in [4.69, 9.17) is 5.73 Å². The zero-order chi connectivity index (χ0) is 19.0. The van der Waals surface area contributed by atoms with E-state index in [0.717, 1.165) is 27.8 Å². The van der Waals surface area contributed by atoms with Gasteiger partial charge in [-0.25, -0.2) is 9.49 Å². The van der Waals surface area contributed by atoms with Gasteiger partial charge >= 0.3 is 0 Å². The first-order valence-corrected chi connectivity index (χ1v) is 8.64. The predicted molar refractivity (Wildman–Crippen MR) is 106 cm³/mol. The summed E-state index contributed by atoms with van der Waals surface area (Å²) in [6.45, 7) is 1.90. The van der Waals surface area contributed by atoms with Crippen molar-refractivity contribution >= 4 is 16.5 Å². The number of aromatic nitrogens is 2. The number of H-pyrrole nitrogens is 1. The SMILES string of the molecule is Cc1cc(-c2cc(Cc3n[nH]c(=O)c4ccccc34)ccc2F)ccc1N. The Labute approximate surface area is 155 Å². The molecule has 5 heteroatoms. The van der Waals surface area contributed by atoms with E-state index in [0.29, 0.717) is 23.1 Å². The highest BCUT2D eigenvalue weighted by molar-refractivity contribution is 5.83. The van der Waals surface area contributed by atoms with Gasteiger partial charge in [-0.15, -0.1) is 0 Å². The van der Waals surface area contributed by atoms with Gasteiger partial charge in [0.05, 0.1) is 11.1 Å². The van der Waals surface area contributed by atoms with Crippen molar-refractivity contribution in [3.8, 4) is 11.1 Å². The van der Waals surface area contributed by atoms with E-state index in [1.54, 1.807) is 18.2 Å². The second kappa shape index (κ2) is 6.68. The zero-order valence-corrected chi connectivity index (χ0v) is 14.8. The molecule has 0 amide bonds. The molecule has 3 N–H and O–H groups in total. The van der Waals surface area contributed by atoms with Gasteiger partial charge in [-0.3, -0.25) is 4.79 Å². The first kappa shape index (κ1) is 17.0. The molecule has 134 valence electrons. The van der Waals surface area contributed by atoms with E-state index in [1.165, 1.54) is 6.07 Å². The summed E-state index contributed by atoms with van der Waals surface area (Å²) in [5.41, 5.74) is 10.2. The second-order valence-electron chi connectivity index (χ2n) is 6.61. The molecule has 0 aliphatic rings. The second-order valence-corrected chi connectivity index (χ2v) is 6.61. The van der Waals surface area contributed by atoms with Gasteiger partial charge in [0.15, 0.2) is 0 Å². The molecule has 0 saturated heterocycles. The molecule has 3 aromatic carbocycles. The number of nitrogens with one attached hydrogen (secondary N) is 1. The molecule has 0 aliphatic heterocycles. The van der Waals surface area contributed by atoms with Crippen molar-refractivity contribution in [2.75, 3.05) is 5.73 Å². The molecule has 0 aliphatic carbocycles. The van der Waals surface area contributed by atoms with Crippen molar-refractivity contribution in [2.24, 2.45) is 0 Å². The van der Waals surface area contributed by atoms with Gasteiger partial charge in [-0.05, 0) is 53.9 Å². The fraction of sp³-hybridized carbons (Fsp3) is 0.0909. The number of fused-ring (bicyclic) bond motifs is 1. The number of hydrogen-bond acceptors (Lipinski definition) is 3. The molecule has 0 radical (unpaired) electrons. The molecular formula is C22H18FN3O. The third kappa shape index (κ3) is 3.19. The monoisotopic (exact) mass is 359 g/mol. The summed E-state index contributed by atoms with van der Waals surface area (Å²) in [5.74, 6) is -0.290. The lowest BCUT2D eigenvalue weighted by molar-refractivity contribution is 0.630. The van der Waals surface area contributed by atoms with Crippen molar-refractivity contribution in [1.29, 1.82) is 0 Å². The number of benzene rings is 3. The normalized spacial score (nSPS) is 11.0. The maximum Gasteiger partial charge on any atom is 0.272 e. The van der Waals surface area contributed by atoms with E-state index in [-0.39, 0.29) is 11.4 Å². The molecule has 27 heavy (non-hydrogen) atoms. The van der Waals surface area contributed by atoms with E-state index >= 15 is 0 Å². The number of rotatable bonds is 3. The molecular weight excluding hydrogens is 341 g/mol. The number of nitrogens with two attached hydrogens (primary N) is 1. The molecule has 0 unspecified atom stereocenters. The summed E-state index contributed by atoms with van der Waals surface area (Å²) in [6, 6.07) is 17.8. The van der Waals surface area contributed by atoms with E-state index < -0.39 is 0 Å². The summed E-state index contributed by atoms with van der Waals surface area (Å²) in [5, 5.41) is 8.14. The summed E-state index contributed by atoms with van der Waals surface area (Å²) >= 11 is 0. The van der Waals surface area contributed by atoms with Crippen molar-refractivity contribution < 1.29 is 4.39 Å². The highest BCUT2D eigenvalue weighted by Gasteiger charge is 2.11. The van der Waals surface area contributed by atoms with Crippen LogP contribution in [0.25, 0.3) is 21.9 Å². The van der Waals surface area contributed by atoms with Crippen LogP contribution in [-0.2, 0) is 6.42 Å². The highest BCUT2D eigenvalue weighted by atomic mass is 19.1. The molecule has 0 atom stereocenters. The fourth-order valence-corrected chi connectivity index (χ4v) is 3.25. The molecule has 0 fully saturated rings. The number of nitrogen functional groups attached to an aromatic ring is 1. The standard InChI is InChI=1S/C22H18FN3O/c1-13-10-15(7-9-20(13)24)18-11-14(6-8-19(18)23)12-21-16-4-2-3-5-17(16)22(27)26-25-21/h2-11H,12,24H2,1H3,(H,26,27). The van der Waals surface area contributed by atoms with Crippen LogP contribution in [0, 0.1) is 12.7 Å². The van der Waals surface area contributed by atoms with Gasteiger partial charge in [0.2, 0.25) is 0 Å². The van der Waals surface area contributed by atoms with Crippen LogP contribution in [0.4, 0.5) is 10.1 Å². The van der Waals surface area contributed by atoms with Gasteiger partial charge in [-0.1, -0.05) is 30.3 Å². The van der Waals surface area contributed by atoms with Gasteiger partial charge in [0, 0.05) is 23.1 Å². The van der Waals surface area contributed by atoms with Crippen LogP contribution in [0.2, 0.25) is 0 Å². The van der Waals surface area contributed by atoms with Crippen LogP contribution in [0.3, 0.4) is 0 Å². The molecule has 4 nitrogen and oxygen atoms in total. The molecule has 1 aromatic heterocycles. The molecule has 1 heterocycles. The Morgan fingerprint density at radius 3 is 2.59 bits per heavy atom. The van der Waals surface area contributed by atoms with E-state index in [2.05, 4.69) is 10.2 Å². The van der Waals surface area contributed by atoms with Crippen molar-refractivity contribution in [3.63, 3.8) is 0 Å². The maximum absolute atomic E-state index is 14.4. The lowest BCUT2D eigenvalue weighted by atomic mass is 9.97. The number of aryl methyl sites for hydroxylation is 1. The Morgan fingerprint density at radius 1 is 1.04 bits per heavy atom. The van der Waals surface area contributed by atoms with Crippen LogP contribution in [0.5, 0.6) is 0 Å². The van der Waals surface area contributed by atoms with Crippen LogP contribution in [-0.4, -0.2) is 10.2 Å². The van der Waals surface area contributed by atoms with Crippen molar-refractivity contribution in [2.45, 2.75) is 13.3 Å². The Bertz CT molecular complexity index is 1210. The van der Waals surface area contributed by atoms with Gasteiger partial charge < -0.3 is 5.73 Å². The van der Waals surface area contributed by atoms with Crippen LogP contribution in [0.1, 0.15) is 16.8 Å². The Balaban J connectivity index is 1.77. The molecule has 0 spiro atoms. The first-order chi connectivity index (χ1) is 13.0. The quantitative estimate of drug-likeness (QED) is 0.538. The average Bonchev–Trinajstić information content (AvgIpc) is 2.68. The number of nitrogens with zero attached hydrogens (tertiary/aromatic N) is 1. The van der Waals surface area contributed by atoms with E-state index in [9.17, 15) is 9.18 Å². The van der Waals surface area contributed by atoms with E-state index in [1.807, 2.05) is 43.3 Å². The minimum Gasteiger partial charge on any atom is -0.399 e. The average molecular weight is 359 g/mol. The van der Waals surface area contributed by atoms with Gasteiger partial charge in [0.25, 0.3) is 5.56 Å². The molecule has 4 rings (SSSR count). The Hall–Kier alpha value is -3.47. The zero-order valence-electron chi connectivity index (χ0n) is 14.8. The molecule has 0 bridgehead atoms. The van der Waals surface area contributed by atoms with Crippen molar-refractivity contribution in [1.82, 2.24) is 10.2 Å². The van der Waals surface area contributed by atoms with Crippen LogP contribution < -0.4 is 11.3 Å². The summed E-state index contributed by atoms with van der Waals surface area (Å²) in [6.07, 6.45) is 0.485. The third-order valence-corrected chi connectivity index (χ3v) is 4.76. The number of aromatic amines is 1. The predicted octanol–water partition coefficient (Wildman–Crippen LogP) is 4.21. The molecule has 4 aromatic rings. The minimum atomic E-state index is -0.290. The summed E-state index contributed by atoms with van der Waals surface area (Å²) in [4.78, 5) is 11.9. The van der Waals surface area contributed by atoms with Gasteiger partial charge in [0.1, 0.15) is 5.82 Å². The smallest absolute Gasteiger partial charge is 0.272 e. The Kier molecular flexibility index (Phi) is 4.20. The third-order valence-electron chi connectivity index (χ3n) is 4.76. The number of anilines is 1. The lowest BCUT2D eigenvalue weighted by Gasteiger charge is -2.10. The topological polar surface area (TPSA) is 71.8 Å². The lowest BCUT2D eigenvalue weighted by Crippen LogP contribution is -2.11. The molecule has 0 saturated carbocycles. The van der Waals surface area contributed by atoms with Gasteiger partial charge in [-0.2, -0.15) is 5.10 Å². The van der Waals surface area contributed by atoms with Crippen LogP contribution in [0.15, 0.2) is 65.5 Å². The highest BCUT2D eigenvalue weighted by Crippen LogP contribution is 2.28. The first-order valence-electron chi connectivity index (χ1n) is 8.64. The van der Waals surface area contributed by atoms with Crippen molar-refractivity contribution in [3.05, 3.63) is 93.7 Å². The fourth-order valence-electron chi connectivity index (χ4n) is 3.25. The summed E-state index contributed by atoms with van der Waals surface area (Å²) in [7, 11) is 0. The summed E-state index contributed by atoms with van der Waals surface area (Å²) < 4.78 is 14.4. The largest absolute Gasteiger partial charge is 0.399 e. The van der Waals surface area contributed by atoms with Crippen LogP contribution >= 0.6 is 0 Å². The Morgan fingerprint density at radius 2 is 1.81 bits per heavy atom. The minimum absolute atomic E-state index is 0.216.